The highest BCUT2D eigenvalue weighted by molar-refractivity contribution is 8.15. The minimum Gasteiger partial charge on any atom is -0.294 e. The van der Waals surface area contributed by atoms with E-state index in [1.165, 1.54) is 7.05 Å². The van der Waals surface area contributed by atoms with E-state index in [2.05, 4.69) is 0 Å². The Morgan fingerprint density at radius 2 is 1.94 bits per heavy atom. The standard InChI is InChI=1S/C12H10ClNO3S/c1-14-11(16)10(18-12(14)17)6-9(15)7-2-4-8(13)5-3-7/h2-5,10H,6H2,1H3. The molecule has 0 N–H and O–H groups in total. The minimum atomic E-state index is -0.606. The fourth-order valence-corrected chi connectivity index (χ4v) is 2.72. The summed E-state index contributed by atoms with van der Waals surface area (Å²) in [6.45, 7) is 0. The van der Waals surface area contributed by atoms with Crippen LogP contribution in [-0.2, 0) is 4.79 Å². The highest BCUT2D eigenvalue weighted by Gasteiger charge is 2.38. The number of nitrogens with zero attached hydrogens (tertiary/aromatic N) is 1. The fraction of sp³-hybridized carbons (Fsp3) is 0.250. The third-order valence-electron chi connectivity index (χ3n) is 2.66. The predicted molar refractivity (Wildman–Crippen MR) is 69.9 cm³/mol. The second-order valence-electron chi connectivity index (χ2n) is 3.90. The van der Waals surface area contributed by atoms with Crippen LogP contribution in [0.25, 0.3) is 0 Å². The van der Waals surface area contributed by atoms with Gasteiger partial charge in [0.25, 0.3) is 5.24 Å². The molecule has 1 aromatic rings. The van der Waals surface area contributed by atoms with E-state index in [-0.39, 0.29) is 23.4 Å². The number of rotatable bonds is 3. The van der Waals surface area contributed by atoms with E-state index in [0.717, 1.165) is 16.7 Å². The average molecular weight is 284 g/mol. The molecule has 2 amide bonds. The van der Waals surface area contributed by atoms with Crippen molar-refractivity contribution >= 4 is 40.3 Å². The molecule has 0 saturated carbocycles. The number of hydrogen-bond donors (Lipinski definition) is 0. The van der Waals surface area contributed by atoms with Crippen molar-refractivity contribution in [1.29, 1.82) is 0 Å². The zero-order chi connectivity index (χ0) is 13.3. The Hall–Kier alpha value is -1.33. The minimum absolute atomic E-state index is 0.0290. The number of carbonyl (C=O) groups is 3. The van der Waals surface area contributed by atoms with Crippen LogP contribution in [0.2, 0.25) is 5.02 Å². The van der Waals surface area contributed by atoms with Crippen LogP contribution < -0.4 is 0 Å². The van der Waals surface area contributed by atoms with Crippen molar-refractivity contribution < 1.29 is 14.4 Å². The SMILES string of the molecule is CN1C(=O)SC(CC(=O)c2ccc(Cl)cc2)C1=O. The lowest BCUT2D eigenvalue weighted by Crippen LogP contribution is -2.28. The quantitative estimate of drug-likeness (QED) is 0.800. The molecule has 4 nitrogen and oxygen atoms in total. The Kier molecular flexibility index (Phi) is 3.73. The van der Waals surface area contributed by atoms with Gasteiger partial charge in [0.15, 0.2) is 5.78 Å². The van der Waals surface area contributed by atoms with E-state index in [1.807, 2.05) is 0 Å². The Morgan fingerprint density at radius 3 is 2.44 bits per heavy atom. The van der Waals surface area contributed by atoms with E-state index in [1.54, 1.807) is 24.3 Å². The average Bonchev–Trinajstić information content (AvgIpc) is 2.58. The molecule has 94 valence electrons. The van der Waals surface area contributed by atoms with Crippen LogP contribution in [0.15, 0.2) is 24.3 Å². The lowest BCUT2D eigenvalue weighted by Gasteiger charge is -2.06. The zero-order valence-corrected chi connectivity index (χ0v) is 11.1. The van der Waals surface area contributed by atoms with Crippen LogP contribution in [0.5, 0.6) is 0 Å². The first-order chi connectivity index (χ1) is 8.49. The predicted octanol–water partition coefficient (Wildman–Crippen LogP) is 2.61. The topological polar surface area (TPSA) is 54.5 Å². The Balaban J connectivity index is 2.06. The maximum Gasteiger partial charge on any atom is 0.288 e. The number of imide groups is 1. The van der Waals surface area contributed by atoms with Crippen molar-refractivity contribution in [3.05, 3.63) is 34.9 Å². The maximum absolute atomic E-state index is 11.9. The molecule has 1 heterocycles. The van der Waals surface area contributed by atoms with Crippen LogP contribution >= 0.6 is 23.4 Å². The van der Waals surface area contributed by atoms with Crippen molar-refractivity contribution in [2.75, 3.05) is 7.05 Å². The van der Waals surface area contributed by atoms with E-state index in [4.69, 9.17) is 11.6 Å². The largest absolute Gasteiger partial charge is 0.294 e. The van der Waals surface area contributed by atoms with Crippen LogP contribution in [0.1, 0.15) is 16.8 Å². The molecule has 18 heavy (non-hydrogen) atoms. The van der Waals surface area contributed by atoms with E-state index >= 15 is 0 Å². The number of benzene rings is 1. The summed E-state index contributed by atoms with van der Waals surface area (Å²) in [5.74, 6) is -0.479. The highest BCUT2D eigenvalue weighted by Crippen LogP contribution is 2.29. The lowest BCUT2D eigenvalue weighted by molar-refractivity contribution is -0.125. The molecule has 0 spiro atoms. The van der Waals surface area contributed by atoms with E-state index in [0.29, 0.717) is 10.6 Å². The summed E-state index contributed by atoms with van der Waals surface area (Å²) < 4.78 is 0. The van der Waals surface area contributed by atoms with Gasteiger partial charge in [-0.15, -0.1) is 0 Å². The molecule has 0 aliphatic carbocycles. The highest BCUT2D eigenvalue weighted by atomic mass is 35.5. The summed E-state index contributed by atoms with van der Waals surface area (Å²) in [4.78, 5) is 35.9. The molecule has 0 aromatic heterocycles. The van der Waals surface area contributed by atoms with Gasteiger partial charge in [-0.3, -0.25) is 19.3 Å². The number of Topliss-reactive ketones (excluding diaryl/α,β-unsaturated/α-hetero) is 1. The van der Waals surface area contributed by atoms with Crippen molar-refractivity contribution in [2.24, 2.45) is 0 Å². The summed E-state index contributed by atoms with van der Waals surface area (Å²) in [5, 5.41) is -0.368. The number of halogens is 1. The molecule has 6 heteroatoms. The van der Waals surface area contributed by atoms with Gasteiger partial charge in [-0.05, 0) is 24.3 Å². The molecule has 0 bridgehead atoms. The summed E-state index contributed by atoms with van der Waals surface area (Å²) in [6, 6.07) is 6.46. The van der Waals surface area contributed by atoms with Crippen molar-refractivity contribution in [3.8, 4) is 0 Å². The lowest BCUT2D eigenvalue weighted by atomic mass is 10.1. The van der Waals surface area contributed by atoms with Gasteiger partial charge in [0.05, 0.1) is 0 Å². The number of ketones is 1. The fourth-order valence-electron chi connectivity index (χ4n) is 1.61. The first-order valence-electron chi connectivity index (χ1n) is 5.26. The van der Waals surface area contributed by atoms with Gasteiger partial charge in [-0.2, -0.15) is 0 Å². The molecule has 1 atom stereocenters. The number of carbonyl (C=O) groups excluding carboxylic acids is 3. The zero-order valence-electron chi connectivity index (χ0n) is 9.55. The number of amides is 2. The Bertz CT molecular complexity index is 515. The molecular weight excluding hydrogens is 274 g/mol. The molecule has 2 rings (SSSR count). The Morgan fingerprint density at radius 1 is 1.33 bits per heavy atom. The smallest absolute Gasteiger partial charge is 0.288 e. The summed E-state index contributed by atoms with van der Waals surface area (Å²) in [5.41, 5.74) is 0.495. The third-order valence-corrected chi connectivity index (χ3v) is 4.04. The molecule has 1 saturated heterocycles. The van der Waals surface area contributed by atoms with Crippen LogP contribution in [-0.4, -0.2) is 34.1 Å². The van der Waals surface area contributed by atoms with Gasteiger partial charge in [0.2, 0.25) is 5.91 Å². The van der Waals surface area contributed by atoms with Crippen LogP contribution in [0.4, 0.5) is 4.79 Å². The van der Waals surface area contributed by atoms with Crippen molar-refractivity contribution in [3.63, 3.8) is 0 Å². The summed E-state index contributed by atoms with van der Waals surface area (Å²) in [7, 11) is 1.42. The Labute approximate surface area is 113 Å². The molecule has 0 radical (unpaired) electrons. The monoisotopic (exact) mass is 283 g/mol. The normalized spacial score (nSPS) is 19.4. The van der Waals surface area contributed by atoms with Crippen molar-refractivity contribution in [2.45, 2.75) is 11.7 Å². The van der Waals surface area contributed by atoms with Gasteiger partial charge < -0.3 is 0 Å². The maximum atomic E-state index is 11.9. The van der Waals surface area contributed by atoms with E-state index in [9.17, 15) is 14.4 Å². The summed E-state index contributed by atoms with van der Waals surface area (Å²) in [6.07, 6.45) is 0.0290. The molecule has 1 aliphatic heterocycles. The number of hydrogen-bond acceptors (Lipinski definition) is 4. The molecule has 1 aliphatic rings. The summed E-state index contributed by atoms with van der Waals surface area (Å²) >= 11 is 6.63. The van der Waals surface area contributed by atoms with Gasteiger partial charge in [-0.25, -0.2) is 0 Å². The second-order valence-corrected chi connectivity index (χ2v) is 5.49. The van der Waals surface area contributed by atoms with Gasteiger partial charge in [-0.1, -0.05) is 23.4 Å². The number of thioether (sulfide) groups is 1. The van der Waals surface area contributed by atoms with Gasteiger partial charge in [0.1, 0.15) is 5.25 Å². The molecule has 1 fully saturated rings. The van der Waals surface area contributed by atoms with Crippen LogP contribution in [0, 0.1) is 0 Å². The molecule has 1 unspecified atom stereocenters. The third kappa shape index (κ3) is 2.57. The van der Waals surface area contributed by atoms with Gasteiger partial charge >= 0.3 is 0 Å². The molecule has 1 aromatic carbocycles. The van der Waals surface area contributed by atoms with E-state index < -0.39 is 5.25 Å². The van der Waals surface area contributed by atoms with Crippen molar-refractivity contribution in [1.82, 2.24) is 4.90 Å². The molecular formula is C12H10ClNO3S. The first-order valence-corrected chi connectivity index (χ1v) is 6.52. The van der Waals surface area contributed by atoms with Crippen LogP contribution in [0.3, 0.4) is 0 Å². The first kappa shape index (κ1) is 13.1. The second kappa shape index (κ2) is 5.12. The van der Waals surface area contributed by atoms with Gasteiger partial charge in [0, 0.05) is 24.1 Å².